The molecule has 0 radical (unpaired) electrons. The highest BCUT2D eigenvalue weighted by Crippen LogP contribution is 2.24. The van der Waals surface area contributed by atoms with Crippen molar-refractivity contribution in [2.75, 3.05) is 38.3 Å². The Morgan fingerprint density at radius 2 is 2.00 bits per heavy atom. The molecular formula is C19H23N3O3. The smallest absolute Gasteiger partial charge is 0.253 e. The first-order valence-corrected chi connectivity index (χ1v) is 8.41. The Bertz CT molecular complexity index is 712. The molecule has 2 aromatic rings. The van der Waals surface area contributed by atoms with E-state index in [0.717, 1.165) is 30.2 Å². The van der Waals surface area contributed by atoms with Gasteiger partial charge in [-0.3, -0.25) is 4.79 Å². The third-order valence-electron chi connectivity index (χ3n) is 4.30. The molecule has 1 atom stereocenters. The second kappa shape index (κ2) is 7.98. The van der Waals surface area contributed by atoms with E-state index < -0.39 is 0 Å². The fourth-order valence-corrected chi connectivity index (χ4v) is 2.88. The highest BCUT2D eigenvalue weighted by atomic mass is 16.5. The van der Waals surface area contributed by atoms with Gasteiger partial charge in [-0.05, 0) is 25.1 Å². The number of ether oxygens (including phenoxy) is 2. The molecule has 0 spiro atoms. The number of pyridine rings is 1. The summed E-state index contributed by atoms with van der Waals surface area (Å²) in [5.74, 6) is 1.48. The number of nitrogens with zero attached hydrogens (tertiary/aromatic N) is 2. The molecule has 1 N–H and O–H groups in total. The number of anilines is 1. The van der Waals surface area contributed by atoms with Gasteiger partial charge in [-0.25, -0.2) is 4.98 Å². The van der Waals surface area contributed by atoms with E-state index in [4.69, 9.17) is 9.47 Å². The second-order valence-electron chi connectivity index (χ2n) is 5.94. The maximum atomic E-state index is 12.5. The monoisotopic (exact) mass is 341 g/mol. The topological polar surface area (TPSA) is 63.7 Å². The van der Waals surface area contributed by atoms with Crippen LogP contribution in [0.3, 0.4) is 0 Å². The molecule has 1 aliphatic heterocycles. The predicted octanol–water partition coefficient (Wildman–Crippen LogP) is 2.42. The lowest BCUT2D eigenvalue weighted by atomic mass is 10.1. The van der Waals surface area contributed by atoms with E-state index in [2.05, 4.69) is 15.2 Å². The van der Waals surface area contributed by atoms with E-state index in [1.54, 1.807) is 13.3 Å². The molecule has 1 aromatic carbocycles. The van der Waals surface area contributed by atoms with Crippen molar-refractivity contribution in [3.63, 3.8) is 0 Å². The van der Waals surface area contributed by atoms with Crippen LogP contribution in [0.15, 0.2) is 42.6 Å². The molecule has 0 bridgehead atoms. The zero-order valence-electron chi connectivity index (χ0n) is 14.6. The number of amides is 1. The van der Waals surface area contributed by atoms with Gasteiger partial charge < -0.3 is 19.7 Å². The number of carbonyl (C=O) groups is 1. The van der Waals surface area contributed by atoms with E-state index in [9.17, 15) is 4.79 Å². The summed E-state index contributed by atoms with van der Waals surface area (Å²) in [5, 5.41) is 2.99. The summed E-state index contributed by atoms with van der Waals surface area (Å²) >= 11 is 0. The highest BCUT2D eigenvalue weighted by Gasteiger charge is 2.16. The molecule has 1 aliphatic rings. The number of nitrogens with one attached hydrogen (secondary N) is 1. The van der Waals surface area contributed by atoms with E-state index in [-0.39, 0.29) is 11.9 Å². The number of hydrogen-bond acceptors (Lipinski definition) is 5. The van der Waals surface area contributed by atoms with Gasteiger partial charge in [0.15, 0.2) is 0 Å². The Morgan fingerprint density at radius 1 is 1.24 bits per heavy atom. The molecule has 2 heterocycles. The number of morpholine rings is 1. The molecule has 3 rings (SSSR count). The number of methoxy groups -OCH3 is 1. The Labute approximate surface area is 147 Å². The standard InChI is InChI=1S/C19H23N3O3/c1-14(16-5-3-4-6-17(16)24-2)21-19(23)15-7-8-18(20-13-15)22-9-11-25-12-10-22/h3-8,13-14H,9-12H2,1-2H3,(H,21,23)/t14-/m0/s1. The van der Waals surface area contributed by atoms with Crippen molar-refractivity contribution < 1.29 is 14.3 Å². The maximum Gasteiger partial charge on any atom is 0.253 e. The Balaban J connectivity index is 1.66. The molecule has 0 aliphatic carbocycles. The molecule has 0 saturated carbocycles. The van der Waals surface area contributed by atoms with Gasteiger partial charge in [-0.15, -0.1) is 0 Å². The molecule has 1 amide bonds. The fourth-order valence-electron chi connectivity index (χ4n) is 2.88. The third-order valence-corrected chi connectivity index (χ3v) is 4.30. The van der Waals surface area contributed by atoms with Crippen LogP contribution in [0.2, 0.25) is 0 Å². The summed E-state index contributed by atoms with van der Waals surface area (Å²) in [7, 11) is 1.63. The van der Waals surface area contributed by atoms with Crippen LogP contribution < -0.4 is 15.0 Å². The van der Waals surface area contributed by atoms with Crippen molar-refractivity contribution in [1.29, 1.82) is 0 Å². The third kappa shape index (κ3) is 4.09. The minimum absolute atomic E-state index is 0.153. The number of aromatic nitrogens is 1. The second-order valence-corrected chi connectivity index (χ2v) is 5.94. The van der Waals surface area contributed by atoms with Crippen LogP contribution in [0, 0.1) is 0 Å². The first kappa shape index (κ1) is 17.2. The number of para-hydroxylation sites is 1. The summed E-state index contributed by atoms with van der Waals surface area (Å²) in [4.78, 5) is 19.1. The molecule has 1 fully saturated rings. The summed E-state index contributed by atoms with van der Waals surface area (Å²) in [6.07, 6.45) is 1.62. The van der Waals surface area contributed by atoms with Crippen LogP contribution >= 0.6 is 0 Å². The van der Waals surface area contributed by atoms with Crippen molar-refractivity contribution in [2.45, 2.75) is 13.0 Å². The SMILES string of the molecule is COc1ccccc1[C@H](C)NC(=O)c1ccc(N2CCOCC2)nc1. The number of hydrogen-bond donors (Lipinski definition) is 1. The van der Waals surface area contributed by atoms with Crippen LogP contribution in [0.4, 0.5) is 5.82 Å². The highest BCUT2D eigenvalue weighted by molar-refractivity contribution is 5.94. The van der Waals surface area contributed by atoms with Crippen molar-refractivity contribution >= 4 is 11.7 Å². The molecule has 6 nitrogen and oxygen atoms in total. The normalized spacial score (nSPS) is 15.5. The van der Waals surface area contributed by atoms with Crippen LogP contribution in [0.25, 0.3) is 0 Å². The Morgan fingerprint density at radius 3 is 2.68 bits per heavy atom. The largest absolute Gasteiger partial charge is 0.496 e. The van der Waals surface area contributed by atoms with Crippen molar-refractivity contribution in [2.24, 2.45) is 0 Å². The molecule has 1 saturated heterocycles. The van der Waals surface area contributed by atoms with Gasteiger partial charge in [0.25, 0.3) is 5.91 Å². The number of carbonyl (C=O) groups excluding carboxylic acids is 1. The van der Waals surface area contributed by atoms with Crippen LogP contribution in [0.5, 0.6) is 5.75 Å². The summed E-state index contributed by atoms with van der Waals surface area (Å²) in [6, 6.07) is 11.2. The van der Waals surface area contributed by atoms with E-state index in [0.29, 0.717) is 18.8 Å². The summed E-state index contributed by atoms with van der Waals surface area (Å²) < 4.78 is 10.7. The molecule has 0 unspecified atom stereocenters. The lowest BCUT2D eigenvalue weighted by Gasteiger charge is -2.27. The molecule has 132 valence electrons. The van der Waals surface area contributed by atoms with Crippen LogP contribution in [-0.4, -0.2) is 44.3 Å². The summed E-state index contributed by atoms with van der Waals surface area (Å²) in [5.41, 5.74) is 1.48. The van der Waals surface area contributed by atoms with Gasteiger partial charge in [-0.1, -0.05) is 18.2 Å². The van der Waals surface area contributed by atoms with Gasteiger partial charge in [-0.2, -0.15) is 0 Å². The van der Waals surface area contributed by atoms with E-state index in [1.165, 1.54) is 0 Å². The molecule has 25 heavy (non-hydrogen) atoms. The minimum atomic E-state index is -0.164. The Kier molecular flexibility index (Phi) is 5.50. The van der Waals surface area contributed by atoms with Crippen molar-refractivity contribution in [1.82, 2.24) is 10.3 Å². The first-order valence-electron chi connectivity index (χ1n) is 8.41. The van der Waals surface area contributed by atoms with Gasteiger partial charge in [0.2, 0.25) is 0 Å². The minimum Gasteiger partial charge on any atom is -0.496 e. The lowest BCUT2D eigenvalue weighted by molar-refractivity contribution is 0.0939. The van der Waals surface area contributed by atoms with Crippen LogP contribution in [0.1, 0.15) is 28.9 Å². The van der Waals surface area contributed by atoms with E-state index >= 15 is 0 Å². The van der Waals surface area contributed by atoms with E-state index in [1.807, 2.05) is 43.3 Å². The van der Waals surface area contributed by atoms with Gasteiger partial charge in [0.05, 0.1) is 31.9 Å². The Hall–Kier alpha value is -2.60. The predicted molar refractivity (Wildman–Crippen MR) is 96.1 cm³/mol. The number of rotatable bonds is 5. The maximum absolute atomic E-state index is 12.5. The van der Waals surface area contributed by atoms with Gasteiger partial charge in [0, 0.05) is 24.8 Å². The average Bonchev–Trinajstić information content (AvgIpc) is 2.68. The van der Waals surface area contributed by atoms with Crippen LogP contribution in [-0.2, 0) is 4.74 Å². The van der Waals surface area contributed by atoms with Gasteiger partial charge in [0.1, 0.15) is 11.6 Å². The zero-order valence-corrected chi connectivity index (χ0v) is 14.6. The van der Waals surface area contributed by atoms with Gasteiger partial charge >= 0.3 is 0 Å². The first-order chi connectivity index (χ1) is 12.2. The fraction of sp³-hybridized carbons (Fsp3) is 0.368. The lowest BCUT2D eigenvalue weighted by Crippen LogP contribution is -2.36. The molecular weight excluding hydrogens is 318 g/mol. The molecule has 1 aromatic heterocycles. The van der Waals surface area contributed by atoms with Crippen molar-refractivity contribution in [3.8, 4) is 5.75 Å². The quantitative estimate of drug-likeness (QED) is 0.905. The van der Waals surface area contributed by atoms with Crippen molar-refractivity contribution in [3.05, 3.63) is 53.7 Å². The zero-order chi connectivity index (χ0) is 17.6. The summed E-state index contributed by atoms with van der Waals surface area (Å²) in [6.45, 7) is 5.00. The molecule has 6 heteroatoms. The average molecular weight is 341 g/mol. The number of benzene rings is 1.